The molecule has 0 saturated carbocycles. The number of amides is 2. The molecule has 20 heavy (non-hydrogen) atoms. The molecule has 0 spiro atoms. The maximum absolute atomic E-state index is 11.6. The van der Waals surface area contributed by atoms with Crippen molar-refractivity contribution in [2.24, 2.45) is 0 Å². The number of carbonyl (C=O) groups excluding carboxylic acids is 1. The highest BCUT2D eigenvalue weighted by molar-refractivity contribution is 5.73. The van der Waals surface area contributed by atoms with Gasteiger partial charge in [0.1, 0.15) is 0 Å². The molecular formula is C16H19N3O. The topological polar surface area (TPSA) is 54.0 Å². The van der Waals surface area contributed by atoms with E-state index < -0.39 is 0 Å². The number of urea groups is 1. The SMILES string of the molecule is O=C(NCCc1ccccc1)NCCc1ccccn1. The molecule has 0 radical (unpaired) electrons. The summed E-state index contributed by atoms with van der Waals surface area (Å²) in [5.41, 5.74) is 2.21. The zero-order chi connectivity index (χ0) is 14.0. The Morgan fingerprint density at radius 2 is 1.60 bits per heavy atom. The van der Waals surface area contributed by atoms with Gasteiger partial charge in [-0.2, -0.15) is 0 Å². The molecule has 0 atom stereocenters. The third kappa shape index (κ3) is 5.10. The highest BCUT2D eigenvalue weighted by atomic mass is 16.2. The van der Waals surface area contributed by atoms with Crippen LogP contribution in [0.5, 0.6) is 0 Å². The maximum Gasteiger partial charge on any atom is 0.314 e. The lowest BCUT2D eigenvalue weighted by molar-refractivity contribution is 0.241. The molecule has 1 aromatic heterocycles. The average molecular weight is 269 g/mol. The number of nitrogens with one attached hydrogen (secondary N) is 2. The van der Waals surface area contributed by atoms with Crippen LogP contribution in [0.4, 0.5) is 4.79 Å². The maximum atomic E-state index is 11.6. The normalized spacial score (nSPS) is 10.0. The third-order valence-corrected chi connectivity index (χ3v) is 2.93. The van der Waals surface area contributed by atoms with Crippen molar-refractivity contribution in [1.29, 1.82) is 0 Å². The molecule has 0 aliphatic carbocycles. The van der Waals surface area contributed by atoms with Gasteiger partial charge in [-0.3, -0.25) is 4.98 Å². The standard InChI is InChI=1S/C16H19N3O/c20-16(18-12-9-14-6-2-1-3-7-14)19-13-10-15-8-4-5-11-17-15/h1-8,11H,9-10,12-13H2,(H2,18,19,20). The van der Waals surface area contributed by atoms with E-state index in [-0.39, 0.29) is 6.03 Å². The molecule has 0 aliphatic heterocycles. The number of pyridine rings is 1. The van der Waals surface area contributed by atoms with Crippen LogP contribution >= 0.6 is 0 Å². The Morgan fingerprint density at radius 3 is 2.30 bits per heavy atom. The van der Waals surface area contributed by atoms with Crippen molar-refractivity contribution < 1.29 is 4.79 Å². The first-order valence-corrected chi connectivity index (χ1v) is 6.80. The van der Waals surface area contributed by atoms with Gasteiger partial charge < -0.3 is 10.6 Å². The number of aromatic nitrogens is 1. The molecule has 2 amide bonds. The highest BCUT2D eigenvalue weighted by Crippen LogP contribution is 1.98. The van der Waals surface area contributed by atoms with Crippen LogP contribution in [0.2, 0.25) is 0 Å². The summed E-state index contributed by atoms with van der Waals surface area (Å²) in [6.07, 6.45) is 3.34. The van der Waals surface area contributed by atoms with Crippen molar-refractivity contribution in [2.45, 2.75) is 12.8 Å². The van der Waals surface area contributed by atoms with E-state index in [1.165, 1.54) is 5.56 Å². The second-order valence-corrected chi connectivity index (χ2v) is 4.49. The Bertz CT molecular complexity index is 466. The highest BCUT2D eigenvalue weighted by Gasteiger charge is 2.00. The van der Waals surface area contributed by atoms with Gasteiger partial charge in [0.2, 0.25) is 0 Å². The quantitative estimate of drug-likeness (QED) is 0.844. The summed E-state index contributed by atoms with van der Waals surface area (Å²) in [6, 6.07) is 15.8. The summed E-state index contributed by atoms with van der Waals surface area (Å²) in [5, 5.41) is 5.67. The predicted octanol–water partition coefficient (Wildman–Crippen LogP) is 2.17. The minimum atomic E-state index is -0.128. The second kappa shape index (κ2) is 7.94. The summed E-state index contributed by atoms with van der Waals surface area (Å²) >= 11 is 0. The smallest absolute Gasteiger partial charge is 0.314 e. The molecule has 4 nitrogen and oxygen atoms in total. The van der Waals surface area contributed by atoms with Crippen molar-refractivity contribution in [3.8, 4) is 0 Å². The Labute approximate surface area is 119 Å². The molecular weight excluding hydrogens is 250 g/mol. The number of benzene rings is 1. The number of hydrogen-bond acceptors (Lipinski definition) is 2. The molecule has 0 unspecified atom stereocenters. The first-order chi connectivity index (χ1) is 9.84. The molecule has 1 heterocycles. The monoisotopic (exact) mass is 269 g/mol. The zero-order valence-electron chi connectivity index (χ0n) is 11.4. The Kier molecular flexibility index (Phi) is 5.58. The van der Waals surface area contributed by atoms with E-state index in [4.69, 9.17) is 0 Å². The van der Waals surface area contributed by atoms with E-state index in [0.29, 0.717) is 13.1 Å². The lowest BCUT2D eigenvalue weighted by Crippen LogP contribution is -2.37. The van der Waals surface area contributed by atoms with Crippen molar-refractivity contribution >= 4 is 6.03 Å². The van der Waals surface area contributed by atoms with Crippen molar-refractivity contribution in [3.63, 3.8) is 0 Å². The van der Waals surface area contributed by atoms with Crippen LogP contribution in [0, 0.1) is 0 Å². The molecule has 0 aliphatic rings. The first-order valence-electron chi connectivity index (χ1n) is 6.80. The fraction of sp³-hybridized carbons (Fsp3) is 0.250. The number of hydrogen-bond donors (Lipinski definition) is 2. The predicted molar refractivity (Wildman–Crippen MR) is 79.5 cm³/mol. The molecule has 1 aromatic carbocycles. The summed E-state index contributed by atoms with van der Waals surface area (Å²) in [5.74, 6) is 0. The molecule has 0 saturated heterocycles. The lowest BCUT2D eigenvalue weighted by atomic mass is 10.1. The molecule has 104 valence electrons. The van der Waals surface area contributed by atoms with Gasteiger partial charge in [0.15, 0.2) is 0 Å². The molecule has 2 N–H and O–H groups in total. The number of rotatable bonds is 6. The minimum Gasteiger partial charge on any atom is -0.338 e. The summed E-state index contributed by atoms with van der Waals surface area (Å²) < 4.78 is 0. The molecule has 0 bridgehead atoms. The Balaban J connectivity index is 1.59. The van der Waals surface area contributed by atoms with E-state index in [1.807, 2.05) is 36.4 Å². The number of carbonyl (C=O) groups is 1. The lowest BCUT2D eigenvalue weighted by Gasteiger charge is -2.07. The van der Waals surface area contributed by atoms with Gasteiger partial charge in [-0.15, -0.1) is 0 Å². The van der Waals surface area contributed by atoms with Crippen LogP contribution in [0.15, 0.2) is 54.7 Å². The largest absolute Gasteiger partial charge is 0.338 e. The van der Waals surface area contributed by atoms with Crippen molar-refractivity contribution in [2.75, 3.05) is 13.1 Å². The van der Waals surface area contributed by atoms with Gasteiger partial charge >= 0.3 is 6.03 Å². The van der Waals surface area contributed by atoms with Crippen LogP contribution in [0.1, 0.15) is 11.3 Å². The first kappa shape index (κ1) is 14.1. The summed E-state index contributed by atoms with van der Waals surface area (Å²) in [4.78, 5) is 15.8. The third-order valence-electron chi connectivity index (χ3n) is 2.93. The van der Waals surface area contributed by atoms with E-state index >= 15 is 0 Å². The Hall–Kier alpha value is -2.36. The average Bonchev–Trinajstić information content (AvgIpc) is 2.49. The fourth-order valence-electron chi connectivity index (χ4n) is 1.88. The van der Waals surface area contributed by atoms with Crippen LogP contribution < -0.4 is 10.6 Å². The van der Waals surface area contributed by atoms with Crippen molar-refractivity contribution in [1.82, 2.24) is 15.6 Å². The summed E-state index contributed by atoms with van der Waals surface area (Å²) in [7, 11) is 0. The second-order valence-electron chi connectivity index (χ2n) is 4.49. The molecule has 2 rings (SSSR count). The van der Waals surface area contributed by atoms with Crippen LogP contribution in [0.25, 0.3) is 0 Å². The van der Waals surface area contributed by atoms with E-state index in [1.54, 1.807) is 6.20 Å². The van der Waals surface area contributed by atoms with E-state index in [2.05, 4.69) is 27.8 Å². The van der Waals surface area contributed by atoms with Crippen LogP contribution in [-0.2, 0) is 12.8 Å². The van der Waals surface area contributed by atoms with Gasteiger partial charge in [0, 0.05) is 31.4 Å². The van der Waals surface area contributed by atoms with Crippen LogP contribution in [-0.4, -0.2) is 24.1 Å². The van der Waals surface area contributed by atoms with E-state index in [9.17, 15) is 4.79 Å². The number of nitrogens with zero attached hydrogens (tertiary/aromatic N) is 1. The minimum absolute atomic E-state index is 0.128. The summed E-state index contributed by atoms with van der Waals surface area (Å²) in [6.45, 7) is 1.23. The van der Waals surface area contributed by atoms with Crippen LogP contribution in [0.3, 0.4) is 0 Å². The van der Waals surface area contributed by atoms with Gasteiger partial charge in [-0.25, -0.2) is 4.79 Å². The molecule has 0 fully saturated rings. The van der Waals surface area contributed by atoms with Gasteiger partial charge in [-0.05, 0) is 24.1 Å². The van der Waals surface area contributed by atoms with Gasteiger partial charge in [0.05, 0.1) is 0 Å². The molecule has 4 heteroatoms. The van der Waals surface area contributed by atoms with E-state index in [0.717, 1.165) is 18.5 Å². The Morgan fingerprint density at radius 1 is 0.900 bits per heavy atom. The molecule has 2 aromatic rings. The van der Waals surface area contributed by atoms with Gasteiger partial charge in [0.25, 0.3) is 0 Å². The zero-order valence-corrected chi connectivity index (χ0v) is 11.4. The van der Waals surface area contributed by atoms with Gasteiger partial charge in [-0.1, -0.05) is 36.4 Å². The van der Waals surface area contributed by atoms with Crippen molar-refractivity contribution in [3.05, 3.63) is 66.0 Å². The fourth-order valence-corrected chi connectivity index (χ4v) is 1.88.